The highest BCUT2D eigenvalue weighted by Gasteiger charge is 2.25. The number of aromatic nitrogens is 3. The molecule has 2 aromatic rings. The summed E-state index contributed by atoms with van der Waals surface area (Å²) in [5.41, 5.74) is 0. The van der Waals surface area contributed by atoms with Crippen molar-refractivity contribution in [2.75, 3.05) is 12.3 Å². The van der Waals surface area contributed by atoms with E-state index < -0.39 is 0 Å². The first-order chi connectivity index (χ1) is 11.3. The van der Waals surface area contributed by atoms with Gasteiger partial charge in [0.15, 0.2) is 0 Å². The van der Waals surface area contributed by atoms with Crippen molar-refractivity contribution in [2.45, 2.75) is 50.2 Å². The van der Waals surface area contributed by atoms with E-state index in [4.69, 9.17) is 0 Å². The normalized spacial score (nSPS) is 18.3. The van der Waals surface area contributed by atoms with E-state index in [2.05, 4.69) is 38.5 Å². The van der Waals surface area contributed by atoms with Gasteiger partial charge in [-0.2, -0.15) is 0 Å². The Morgan fingerprint density at radius 1 is 1.52 bits per heavy atom. The van der Waals surface area contributed by atoms with Gasteiger partial charge in [-0.3, -0.25) is 9.89 Å². The molecule has 1 aliphatic rings. The summed E-state index contributed by atoms with van der Waals surface area (Å²) in [6, 6.07) is 4.54. The molecule has 1 fully saturated rings. The van der Waals surface area contributed by atoms with Gasteiger partial charge in [0.2, 0.25) is 11.1 Å². The van der Waals surface area contributed by atoms with Gasteiger partial charge in [-0.25, -0.2) is 4.98 Å². The summed E-state index contributed by atoms with van der Waals surface area (Å²) in [6.45, 7) is 3.06. The maximum Gasteiger partial charge on any atom is 0.233 e. The Hall–Kier alpha value is -1.34. The van der Waals surface area contributed by atoms with Crippen molar-refractivity contribution in [3.8, 4) is 0 Å². The second-order valence-corrected chi connectivity index (χ2v) is 7.73. The van der Waals surface area contributed by atoms with Crippen LogP contribution in [0.3, 0.4) is 0 Å². The van der Waals surface area contributed by atoms with Gasteiger partial charge < -0.3 is 4.90 Å². The van der Waals surface area contributed by atoms with E-state index in [0.717, 1.165) is 38.1 Å². The quantitative estimate of drug-likeness (QED) is 0.812. The van der Waals surface area contributed by atoms with Crippen LogP contribution in [0.2, 0.25) is 0 Å². The number of thioether (sulfide) groups is 1. The van der Waals surface area contributed by atoms with E-state index in [1.54, 1.807) is 11.3 Å². The van der Waals surface area contributed by atoms with E-state index in [0.29, 0.717) is 17.0 Å². The molecule has 3 rings (SSSR count). The lowest BCUT2D eigenvalue weighted by Gasteiger charge is -2.35. The number of rotatable bonds is 6. The highest BCUT2D eigenvalue weighted by atomic mass is 32.2. The molecule has 0 saturated carbocycles. The standard InChI is InChI=1S/C16H22N4OS2/c1-2-12-6-3-4-8-20(12)15(21)11-23-16-17-14(18-19-16)10-13-7-5-9-22-13/h5,7,9,12H,2-4,6,8,10-11H2,1H3,(H,17,18,19). The number of carbonyl (C=O) groups excluding carboxylic acids is 1. The van der Waals surface area contributed by atoms with Crippen LogP contribution < -0.4 is 0 Å². The molecular weight excluding hydrogens is 328 g/mol. The van der Waals surface area contributed by atoms with Crippen LogP contribution in [0.25, 0.3) is 0 Å². The number of nitrogens with zero attached hydrogens (tertiary/aromatic N) is 3. The number of amides is 1. The lowest BCUT2D eigenvalue weighted by atomic mass is 10.0. The fourth-order valence-electron chi connectivity index (χ4n) is 2.96. The average molecular weight is 351 g/mol. The maximum absolute atomic E-state index is 12.4. The maximum atomic E-state index is 12.4. The van der Waals surface area contributed by atoms with Gasteiger partial charge >= 0.3 is 0 Å². The first-order valence-corrected chi connectivity index (χ1v) is 9.98. The molecule has 1 atom stereocenters. The number of likely N-dealkylation sites (tertiary alicyclic amines) is 1. The van der Waals surface area contributed by atoms with Crippen molar-refractivity contribution < 1.29 is 4.79 Å². The van der Waals surface area contributed by atoms with Crippen molar-refractivity contribution in [1.29, 1.82) is 0 Å². The predicted octanol–water partition coefficient (Wildman–Crippen LogP) is 3.34. The van der Waals surface area contributed by atoms with Crippen LogP contribution >= 0.6 is 23.1 Å². The molecule has 0 aromatic carbocycles. The predicted molar refractivity (Wildman–Crippen MR) is 93.9 cm³/mol. The van der Waals surface area contributed by atoms with E-state index in [9.17, 15) is 4.79 Å². The summed E-state index contributed by atoms with van der Waals surface area (Å²) in [5.74, 6) is 1.49. The summed E-state index contributed by atoms with van der Waals surface area (Å²) < 4.78 is 0. The number of thiophene rings is 1. The van der Waals surface area contributed by atoms with Crippen LogP contribution in [0, 0.1) is 0 Å². The van der Waals surface area contributed by atoms with Gasteiger partial charge in [0.25, 0.3) is 0 Å². The Morgan fingerprint density at radius 3 is 3.22 bits per heavy atom. The Balaban J connectivity index is 1.51. The van der Waals surface area contributed by atoms with E-state index >= 15 is 0 Å². The van der Waals surface area contributed by atoms with Gasteiger partial charge in [-0.15, -0.1) is 16.4 Å². The number of H-pyrrole nitrogens is 1. The monoisotopic (exact) mass is 350 g/mol. The second-order valence-electron chi connectivity index (χ2n) is 5.75. The average Bonchev–Trinajstić information content (AvgIpc) is 3.25. The first-order valence-electron chi connectivity index (χ1n) is 8.12. The molecule has 7 heteroatoms. The first kappa shape index (κ1) is 16.5. The largest absolute Gasteiger partial charge is 0.339 e. The van der Waals surface area contributed by atoms with Crippen molar-refractivity contribution >= 4 is 29.0 Å². The van der Waals surface area contributed by atoms with Gasteiger partial charge in [-0.05, 0) is 37.1 Å². The Morgan fingerprint density at radius 2 is 2.43 bits per heavy atom. The van der Waals surface area contributed by atoms with Crippen molar-refractivity contribution in [3.63, 3.8) is 0 Å². The van der Waals surface area contributed by atoms with Crippen LogP contribution in [0.1, 0.15) is 43.3 Å². The molecule has 2 aromatic heterocycles. The minimum atomic E-state index is 0.214. The third-order valence-electron chi connectivity index (χ3n) is 4.18. The van der Waals surface area contributed by atoms with Crippen LogP contribution in [-0.4, -0.2) is 44.3 Å². The van der Waals surface area contributed by atoms with Crippen molar-refractivity contribution in [2.24, 2.45) is 0 Å². The molecule has 3 heterocycles. The number of aromatic amines is 1. The molecule has 1 N–H and O–H groups in total. The number of hydrogen-bond acceptors (Lipinski definition) is 5. The molecule has 1 aliphatic heterocycles. The van der Waals surface area contributed by atoms with Crippen LogP contribution in [0.15, 0.2) is 22.7 Å². The summed E-state index contributed by atoms with van der Waals surface area (Å²) in [6.07, 6.45) is 5.31. The Labute approximate surface area is 144 Å². The fraction of sp³-hybridized carbons (Fsp3) is 0.562. The zero-order chi connectivity index (χ0) is 16.1. The zero-order valence-corrected chi connectivity index (χ0v) is 15.0. The smallest absolute Gasteiger partial charge is 0.233 e. The van der Waals surface area contributed by atoms with E-state index in [1.807, 2.05) is 6.07 Å². The molecule has 1 amide bonds. The molecule has 0 aliphatic carbocycles. The summed E-state index contributed by atoms with van der Waals surface area (Å²) >= 11 is 3.14. The SMILES string of the molecule is CCC1CCCCN1C(=O)CSc1n[nH]c(Cc2cccs2)n1. The van der Waals surface area contributed by atoms with E-state index in [1.165, 1.54) is 23.1 Å². The highest BCUT2D eigenvalue weighted by molar-refractivity contribution is 7.99. The summed E-state index contributed by atoms with van der Waals surface area (Å²) in [5, 5.41) is 9.90. The van der Waals surface area contributed by atoms with Gasteiger partial charge in [0, 0.05) is 23.9 Å². The third kappa shape index (κ3) is 4.35. The number of piperidine rings is 1. The minimum absolute atomic E-state index is 0.214. The molecule has 0 spiro atoms. The lowest BCUT2D eigenvalue weighted by molar-refractivity contribution is -0.132. The topological polar surface area (TPSA) is 61.9 Å². The van der Waals surface area contributed by atoms with Crippen molar-refractivity contribution in [3.05, 3.63) is 28.2 Å². The molecule has 124 valence electrons. The van der Waals surface area contributed by atoms with Crippen LogP contribution in [0.4, 0.5) is 0 Å². The minimum Gasteiger partial charge on any atom is -0.339 e. The second kappa shape index (κ2) is 7.97. The third-order valence-corrected chi connectivity index (χ3v) is 5.88. The van der Waals surface area contributed by atoms with Crippen LogP contribution in [0.5, 0.6) is 0 Å². The van der Waals surface area contributed by atoms with Gasteiger partial charge in [-0.1, -0.05) is 24.8 Å². The summed E-state index contributed by atoms with van der Waals surface area (Å²) in [7, 11) is 0. The summed E-state index contributed by atoms with van der Waals surface area (Å²) in [4.78, 5) is 20.2. The number of hydrogen-bond donors (Lipinski definition) is 1. The van der Waals surface area contributed by atoms with E-state index in [-0.39, 0.29) is 5.91 Å². The van der Waals surface area contributed by atoms with Gasteiger partial charge in [0.05, 0.1) is 5.75 Å². The molecule has 5 nitrogen and oxygen atoms in total. The molecule has 0 radical (unpaired) electrons. The lowest BCUT2D eigenvalue weighted by Crippen LogP contribution is -2.44. The molecule has 1 saturated heterocycles. The Bertz CT molecular complexity index is 626. The Kier molecular flexibility index (Phi) is 5.72. The molecule has 23 heavy (non-hydrogen) atoms. The molecular formula is C16H22N4OS2. The number of nitrogens with one attached hydrogen (secondary N) is 1. The highest BCUT2D eigenvalue weighted by Crippen LogP contribution is 2.22. The van der Waals surface area contributed by atoms with Gasteiger partial charge in [0.1, 0.15) is 5.82 Å². The van der Waals surface area contributed by atoms with Crippen molar-refractivity contribution in [1.82, 2.24) is 20.1 Å². The fourth-order valence-corrected chi connectivity index (χ4v) is 4.37. The van der Waals surface area contributed by atoms with Crippen LogP contribution in [-0.2, 0) is 11.2 Å². The molecule has 0 bridgehead atoms. The number of carbonyl (C=O) groups is 1. The zero-order valence-electron chi connectivity index (χ0n) is 13.3. The molecule has 1 unspecified atom stereocenters.